The molecule has 0 bridgehead atoms. The quantitative estimate of drug-likeness (QED) is 0.872. The van der Waals surface area contributed by atoms with Crippen LogP contribution in [0.1, 0.15) is 0 Å². The first-order chi connectivity index (χ1) is 8.65. The Labute approximate surface area is 103 Å². The van der Waals surface area contributed by atoms with Crippen LogP contribution in [0.3, 0.4) is 0 Å². The van der Waals surface area contributed by atoms with Crippen molar-refractivity contribution in [3.05, 3.63) is 54.3 Å². The average Bonchev–Trinajstić information content (AvgIpc) is 2.34. The van der Waals surface area contributed by atoms with Gasteiger partial charge in [-0.3, -0.25) is 0 Å². The second-order valence-corrected chi connectivity index (χ2v) is 3.60. The molecule has 0 aliphatic heterocycles. The van der Waals surface area contributed by atoms with Crippen molar-refractivity contribution in [2.24, 2.45) is 0 Å². The molecule has 2 aromatic carbocycles. The lowest BCUT2D eigenvalue weighted by Gasteiger charge is -2.11. The van der Waals surface area contributed by atoms with Gasteiger partial charge in [0.1, 0.15) is 11.9 Å². The molecule has 2 aromatic rings. The van der Waals surface area contributed by atoms with Gasteiger partial charge in [0.25, 0.3) is 0 Å². The van der Waals surface area contributed by atoms with Crippen LogP contribution >= 0.6 is 0 Å². The Hall–Kier alpha value is -2.56. The number of benzene rings is 2. The third-order valence-electron chi connectivity index (χ3n) is 2.27. The molecule has 0 spiro atoms. The van der Waals surface area contributed by atoms with Gasteiger partial charge in [0.15, 0.2) is 0 Å². The summed E-state index contributed by atoms with van der Waals surface area (Å²) < 4.78 is 13.5. The maximum atomic E-state index is 13.5. The van der Waals surface area contributed by atoms with Crippen LogP contribution in [0.2, 0.25) is 0 Å². The van der Waals surface area contributed by atoms with Crippen LogP contribution in [0, 0.1) is 5.82 Å². The number of amides is 1. The van der Waals surface area contributed by atoms with E-state index in [9.17, 15) is 14.3 Å². The molecule has 0 saturated heterocycles. The van der Waals surface area contributed by atoms with Gasteiger partial charge >= 0.3 is 0 Å². The molecular formula is C13H10FN2O2-. The van der Waals surface area contributed by atoms with Gasteiger partial charge in [0.2, 0.25) is 0 Å². The minimum absolute atomic E-state index is 0.187. The number of carbonyl (C=O) groups excluding carboxylic acids is 1. The molecule has 0 aromatic heterocycles. The molecule has 18 heavy (non-hydrogen) atoms. The van der Waals surface area contributed by atoms with Gasteiger partial charge in [-0.1, -0.05) is 18.2 Å². The monoisotopic (exact) mass is 245 g/mol. The third-order valence-corrected chi connectivity index (χ3v) is 2.27. The molecule has 0 atom stereocenters. The van der Waals surface area contributed by atoms with Crippen LogP contribution in [0.15, 0.2) is 48.5 Å². The van der Waals surface area contributed by atoms with E-state index < -0.39 is 11.9 Å². The predicted octanol–water partition coefficient (Wildman–Crippen LogP) is 2.32. The van der Waals surface area contributed by atoms with Crippen molar-refractivity contribution < 1.29 is 14.3 Å². The van der Waals surface area contributed by atoms with Crippen LogP contribution < -0.4 is 15.7 Å². The minimum Gasteiger partial charge on any atom is -0.530 e. The SMILES string of the molecule is O=C([O-])Nc1ccc(F)c(Nc2ccccc2)c1. The number of hydrogen-bond acceptors (Lipinski definition) is 3. The molecule has 0 fully saturated rings. The molecule has 0 unspecified atom stereocenters. The largest absolute Gasteiger partial charge is 0.530 e. The molecular weight excluding hydrogens is 235 g/mol. The normalized spacial score (nSPS) is 9.83. The number of carbonyl (C=O) groups is 1. The second kappa shape index (κ2) is 5.18. The zero-order valence-corrected chi connectivity index (χ0v) is 9.31. The van der Waals surface area contributed by atoms with E-state index >= 15 is 0 Å². The molecule has 0 aliphatic rings. The first kappa shape index (κ1) is 11.9. The number of carboxylic acid groups (broad SMARTS) is 1. The fourth-order valence-electron chi connectivity index (χ4n) is 1.49. The van der Waals surface area contributed by atoms with E-state index in [2.05, 4.69) is 10.6 Å². The highest BCUT2D eigenvalue weighted by Crippen LogP contribution is 2.23. The molecule has 0 saturated carbocycles. The zero-order valence-electron chi connectivity index (χ0n) is 9.31. The van der Waals surface area contributed by atoms with Gasteiger partial charge in [0.05, 0.1) is 5.69 Å². The summed E-state index contributed by atoms with van der Waals surface area (Å²) in [6.07, 6.45) is -1.44. The third kappa shape index (κ3) is 2.98. The van der Waals surface area contributed by atoms with Gasteiger partial charge < -0.3 is 20.5 Å². The van der Waals surface area contributed by atoms with E-state index in [1.54, 1.807) is 12.1 Å². The molecule has 92 valence electrons. The fraction of sp³-hybridized carbons (Fsp3) is 0. The lowest BCUT2D eigenvalue weighted by molar-refractivity contribution is -0.242. The van der Waals surface area contributed by atoms with Gasteiger partial charge in [0, 0.05) is 11.4 Å². The highest BCUT2D eigenvalue weighted by molar-refractivity contribution is 5.82. The van der Waals surface area contributed by atoms with Crippen molar-refractivity contribution in [3.8, 4) is 0 Å². The topological polar surface area (TPSA) is 64.2 Å². The van der Waals surface area contributed by atoms with E-state index in [1.807, 2.05) is 18.2 Å². The lowest BCUT2D eigenvalue weighted by Crippen LogP contribution is -2.28. The Balaban J connectivity index is 2.24. The van der Waals surface area contributed by atoms with E-state index in [-0.39, 0.29) is 11.4 Å². The van der Waals surface area contributed by atoms with Crippen molar-refractivity contribution in [1.82, 2.24) is 0 Å². The summed E-state index contributed by atoms with van der Waals surface area (Å²) in [4.78, 5) is 10.4. The molecule has 0 radical (unpaired) electrons. The molecule has 1 amide bonds. The first-order valence-electron chi connectivity index (χ1n) is 5.25. The van der Waals surface area contributed by atoms with Crippen molar-refractivity contribution in [2.45, 2.75) is 0 Å². The van der Waals surface area contributed by atoms with Crippen molar-refractivity contribution >= 4 is 23.2 Å². The number of anilines is 3. The number of hydrogen-bond donors (Lipinski definition) is 2. The van der Waals surface area contributed by atoms with E-state index in [0.29, 0.717) is 5.69 Å². The highest BCUT2D eigenvalue weighted by atomic mass is 19.1. The van der Waals surface area contributed by atoms with Crippen LogP contribution in [0.4, 0.5) is 26.2 Å². The maximum Gasteiger partial charge on any atom is 0.146 e. The van der Waals surface area contributed by atoms with Gasteiger partial charge in [-0.25, -0.2) is 4.39 Å². The highest BCUT2D eigenvalue weighted by Gasteiger charge is 2.04. The molecule has 2 N–H and O–H groups in total. The van der Waals surface area contributed by atoms with Crippen LogP contribution in [0.5, 0.6) is 0 Å². The Morgan fingerprint density at radius 2 is 1.78 bits per heavy atom. The van der Waals surface area contributed by atoms with Gasteiger partial charge in [-0.2, -0.15) is 0 Å². The molecule has 2 rings (SSSR count). The summed E-state index contributed by atoms with van der Waals surface area (Å²) >= 11 is 0. The summed E-state index contributed by atoms with van der Waals surface area (Å²) in [5, 5.41) is 15.3. The van der Waals surface area contributed by atoms with Gasteiger partial charge in [-0.05, 0) is 30.3 Å². The Morgan fingerprint density at radius 1 is 1.06 bits per heavy atom. The van der Waals surface area contributed by atoms with Gasteiger partial charge in [-0.15, -0.1) is 0 Å². The summed E-state index contributed by atoms with van der Waals surface area (Å²) in [5.74, 6) is -0.470. The van der Waals surface area contributed by atoms with Crippen LogP contribution in [-0.2, 0) is 0 Å². The molecule has 0 heterocycles. The average molecular weight is 245 g/mol. The van der Waals surface area contributed by atoms with E-state index in [4.69, 9.17) is 0 Å². The number of para-hydroxylation sites is 1. The Kier molecular flexibility index (Phi) is 3.43. The van der Waals surface area contributed by atoms with Crippen LogP contribution in [0.25, 0.3) is 0 Å². The summed E-state index contributed by atoms with van der Waals surface area (Å²) in [5.41, 5.74) is 1.14. The van der Waals surface area contributed by atoms with E-state index in [1.165, 1.54) is 18.2 Å². The predicted molar refractivity (Wildman–Crippen MR) is 65.1 cm³/mol. The maximum absolute atomic E-state index is 13.5. The number of rotatable bonds is 3. The Bertz CT molecular complexity index is 558. The summed E-state index contributed by atoms with van der Waals surface area (Å²) in [7, 11) is 0. The van der Waals surface area contributed by atoms with Crippen molar-refractivity contribution in [3.63, 3.8) is 0 Å². The summed E-state index contributed by atoms with van der Waals surface area (Å²) in [6.45, 7) is 0. The first-order valence-corrected chi connectivity index (χ1v) is 5.25. The molecule has 4 nitrogen and oxygen atoms in total. The smallest absolute Gasteiger partial charge is 0.146 e. The van der Waals surface area contributed by atoms with Crippen molar-refractivity contribution in [1.29, 1.82) is 0 Å². The zero-order chi connectivity index (χ0) is 13.0. The fourth-order valence-corrected chi connectivity index (χ4v) is 1.49. The van der Waals surface area contributed by atoms with Crippen LogP contribution in [-0.4, -0.2) is 6.09 Å². The minimum atomic E-state index is -1.44. The summed E-state index contributed by atoms with van der Waals surface area (Å²) in [6, 6.07) is 12.9. The Morgan fingerprint density at radius 3 is 2.44 bits per heavy atom. The molecule has 0 aliphatic carbocycles. The standard InChI is InChI=1S/C13H11FN2O2/c14-11-7-6-10(16-13(17)18)8-12(11)15-9-4-2-1-3-5-9/h1-8,15-16H,(H,17,18)/p-1. The second-order valence-electron chi connectivity index (χ2n) is 3.60. The lowest BCUT2D eigenvalue weighted by atomic mass is 10.2. The molecule has 5 heteroatoms. The van der Waals surface area contributed by atoms with E-state index in [0.717, 1.165) is 0 Å². The number of halogens is 1. The number of nitrogens with one attached hydrogen (secondary N) is 2. The van der Waals surface area contributed by atoms with Crippen molar-refractivity contribution in [2.75, 3.05) is 10.6 Å².